The lowest BCUT2D eigenvalue weighted by molar-refractivity contribution is -0.156. The van der Waals surface area contributed by atoms with Crippen molar-refractivity contribution in [3.63, 3.8) is 0 Å². The van der Waals surface area contributed by atoms with Gasteiger partial charge < -0.3 is 15.4 Å². The zero-order valence-electron chi connectivity index (χ0n) is 18.8. The maximum absolute atomic E-state index is 14.3. The number of nitrogens with one attached hydrogen (secondary N) is 2. The van der Waals surface area contributed by atoms with Gasteiger partial charge in [-0.05, 0) is 25.0 Å². The standard InChI is InChI=1S/C24H17F2N7O3/c1-36-24-15-17(30-21(34)23(24)6-7-23)28-19(29-18(15)31-22(24)35)16-13-8-12(25)9-27-20(13)33(32-16)10-11-4-2-3-5-14(11)26/h2-5,8-9H,6-7,10H2,1H3,(H2,28,29,30,31,34,35)/t24-/m1/s1. The monoisotopic (exact) mass is 489 g/mol. The van der Waals surface area contributed by atoms with Crippen LogP contribution in [0, 0.1) is 17.0 Å². The van der Waals surface area contributed by atoms with Crippen LogP contribution < -0.4 is 10.6 Å². The molecule has 3 aliphatic rings. The Kier molecular flexibility index (Phi) is 4.01. The molecular formula is C24H17F2N7O3. The van der Waals surface area contributed by atoms with Crippen molar-refractivity contribution in [2.24, 2.45) is 5.41 Å². The molecule has 0 bridgehead atoms. The van der Waals surface area contributed by atoms with Gasteiger partial charge in [-0.15, -0.1) is 0 Å². The van der Waals surface area contributed by atoms with E-state index in [1.54, 1.807) is 18.2 Å². The van der Waals surface area contributed by atoms with E-state index in [1.807, 2.05) is 0 Å². The third-order valence-electron chi connectivity index (χ3n) is 7.25. The summed E-state index contributed by atoms with van der Waals surface area (Å²) < 4.78 is 35.7. The van der Waals surface area contributed by atoms with Gasteiger partial charge in [0.2, 0.25) is 5.91 Å². The van der Waals surface area contributed by atoms with Crippen LogP contribution in [0.3, 0.4) is 0 Å². The topological polar surface area (TPSA) is 124 Å². The number of halogens is 2. The Balaban J connectivity index is 1.42. The second-order valence-electron chi connectivity index (χ2n) is 9.12. The largest absolute Gasteiger partial charge is 0.362 e. The fourth-order valence-corrected chi connectivity index (χ4v) is 5.43. The molecule has 7 rings (SSSR count). The Morgan fingerprint density at radius 3 is 2.50 bits per heavy atom. The van der Waals surface area contributed by atoms with Gasteiger partial charge in [0.15, 0.2) is 17.1 Å². The van der Waals surface area contributed by atoms with Crippen LogP contribution in [0.25, 0.3) is 22.6 Å². The minimum Gasteiger partial charge on any atom is -0.362 e. The van der Waals surface area contributed by atoms with Gasteiger partial charge in [0.1, 0.15) is 29.0 Å². The number of benzene rings is 1. The Bertz CT molecular complexity index is 1650. The first-order valence-corrected chi connectivity index (χ1v) is 11.2. The molecule has 1 fully saturated rings. The number of pyridine rings is 1. The van der Waals surface area contributed by atoms with Crippen molar-refractivity contribution in [3.8, 4) is 11.5 Å². The number of fused-ring (bicyclic) bond motifs is 2. The average molecular weight is 489 g/mol. The molecule has 0 saturated heterocycles. The third kappa shape index (κ3) is 2.51. The zero-order valence-corrected chi connectivity index (χ0v) is 18.8. The van der Waals surface area contributed by atoms with Crippen molar-refractivity contribution >= 4 is 34.5 Å². The van der Waals surface area contributed by atoms with E-state index in [4.69, 9.17) is 4.74 Å². The molecule has 10 nitrogen and oxygen atoms in total. The number of rotatable bonds is 4. The fourth-order valence-electron chi connectivity index (χ4n) is 5.43. The first-order chi connectivity index (χ1) is 17.4. The van der Waals surface area contributed by atoms with Crippen LogP contribution in [-0.2, 0) is 26.5 Å². The van der Waals surface area contributed by atoms with E-state index in [0.29, 0.717) is 35.0 Å². The molecule has 5 heterocycles. The molecule has 3 aromatic heterocycles. The van der Waals surface area contributed by atoms with Crippen molar-refractivity contribution < 1.29 is 23.1 Å². The van der Waals surface area contributed by atoms with E-state index in [2.05, 4.69) is 30.7 Å². The van der Waals surface area contributed by atoms with E-state index in [1.165, 1.54) is 23.9 Å². The maximum Gasteiger partial charge on any atom is 0.263 e. The van der Waals surface area contributed by atoms with Crippen molar-refractivity contribution in [3.05, 3.63) is 59.3 Å². The summed E-state index contributed by atoms with van der Waals surface area (Å²) in [7, 11) is 1.39. The smallest absolute Gasteiger partial charge is 0.263 e. The van der Waals surface area contributed by atoms with Crippen molar-refractivity contribution in [1.82, 2.24) is 24.7 Å². The minimum atomic E-state index is -1.52. The molecule has 1 spiro atoms. The molecule has 1 atom stereocenters. The fraction of sp³-hybridized carbons (Fsp3) is 0.250. The van der Waals surface area contributed by atoms with Gasteiger partial charge in [0.05, 0.1) is 29.1 Å². The molecule has 2 N–H and O–H groups in total. The summed E-state index contributed by atoms with van der Waals surface area (Å²) in [6.45, 7) is 0.0301. The van der Waals surface area contributed by atoms with Crippen LogP contribution in [-0.4, -0.2) is 43.7 Å². The summed E-state index contributed by atoms with van der Waals surface area (Å²) in [6, 6.07) is 7.47. The summed E-state index contributed by atoms with van der Waals surface area (Å²) in [4.78, 5) is 39.4. The lowest BCUT2D eigenvalue weighted by atomic mass is 9.76. The molecular weight excluding hydrogens is 472 g/mol. The molecule has 12 heteroatoms. The lowest BCUT2D eigenvalue weighted by Gasteiger charge is -2.37. The van der Waals surface area contributed by atoms with Gasteiger partial charge in [-0.2, -0.15) is 5.10 Å². The Labute approximate surface area is 201 Å². The van der Waals surface area contributed by atoms with Crippen LogP contribution in [0.15, 0.2) is 36.5 Å². The lowest BCUT2D eigenvalue weighted by Crippen LogP contribution is -2.53. The SMILES string of the molecule is CO[C@@]12C(=O)Nc3nc(-c4nn(Cc5ccccc5F)c5ncc(F)cc45)nc(c31)NC(=O)C21CC1. The van der Waals surface area contributed by atoms with Crippen LogP contribution in [0.1, 0.15) is 24.0 Å². The Morgan fingerprint density at radius 2 is 1.81 bits per heavy atom. The number of aromatic nitrogens is 5. The molecule has 2 aliphatic heterocycles. The number of nitrogens with zero attached hydrogens (tertiary/aromatic N) is 5. The van der Waals surface area contributed by atoms with Gasteiger partial charge in [0, 0.05) is 12.7 Å². The summed E-state index contributed by atoms with van der Waals surface area (Å²) >= 11 is 0. The van der Waals surface area contributed by atoms with E-state index in [-0.39, 0.29) is 35.6 Å². The highest BCUT2D eigenvalue weighted by molar-refractivity contribution is 6.16. The first-order valence-electron chi connectivity index (χ1n) is 11.2. The maximum atomic E-state index is 14.3. The van der Waals surface area contributed by atoms with Crippen LogP contribution in [0.4, 0.5) is 20.4 Å². The molecule has 0 unspecified atom stereocenters. The number of methoxy groups -OCH3 is 1. The molecule has 180 valence electrons. The summed E-state index contributed by atoms with van der Waals surface area (Å²) in [5, 5.41) is 10.3. The second-order valence-corrected chi connectivity index (χ2v) is 9.12. The molecule has 1 aromatic carbocycles. The van der Waals surface area contributed by atoms with E-state index >= 15 is 0 Å². The van der Waals surface area contributed by atoms with Gasteiger partial charge in [0.25, 0.3) is 5.91 Å². The average Bonchev–Trinajstić information content (AvgIpc) is 3.51. The number of carbonyl (C=O) groups is 2. The Morgan fingerprint density at radius 1 is 1.08 bits per heavy atom. The summed E-state index contributed by atoms with van der Waals surface area (Å²) in [5.74, 6) is -1.51. The highest BCUT2D eigenvalue weighted by Gasteiger charge is 2.75. The Hall–Kier alpha value is -4.32. The number of amides is 2. The molecule has 2 amide bonds. The number of hydrogen-bond acceptors (Lipinski definition) is 7. The van der Waals surface area contributed by atoms with Crippen LogP contribution in [0.2, 0.25) is 0 Å². The zero-order chi connectivity index (χ0) is 24.8. The van der Waals surface area contributed by atoms with Crippen molar-refractivity contribution in [2.45, 2.75) is 25.0 Å². The number of hydrogen-bond donors (Lipinski definition) is 2. The molecule has 0 radical (unpaired) electrons. The number of carbonyl (C=O) groups excluding carboxylic acids is 2. The second kappa shape index (κ2) is 6.88. The predicted molar refractivity (Wildman–Crippen MR) is 122 cm³/mol. The van der Waals surface area contributed by atoms with Crippen molar-refractivity contribution in [2.75, 3.05) is 17.7 Å². The predicted octanol–water partition coefficient (Wildman–Crippen LogP) is 2.74. The van der Waals surface area contributed by atoms with Crippen LogP contribution >= 0.6 is 0 Å². The van der Waals surface area contributed by atoms with Crippen LogP contribution in [0.5, 0.6) is 0 Å². The van der Waals surface area contributed by atoms with Gasteiger partial charge in [-0.1, -0.05) is 18.2 Å². The summed E-state index contributed by atoms with van der Waals surface area (Å²) in [6.07, 6.45) is 2.04. The molecule has 4 aromatic rings. The minimum absolute atomic E-state index is 0.0301. The number of anilines is 2. The molecule has 1 aliphatic carbocycles. The van der Waals surface area contributed by atoms with E-state index < -0.39 is 28.6 Å². The highest BCUT2D eigenvalue weighted by atomic mass is 19.1. The van der Waals surface area contributed by atoms with Gasteiger partial charge >= 0.3 is 0 Å². The quantitative estimate of drug-likeness (QED) is 0.452. The van der Waals surface area contributed by atoms with Gasteiger partial charge in [-0.3, -0.25) is 9.59 Å². The molecule has 36 heavy (non-hydrogen) atoms. The van der Waals surface area contributed by atoms with E-state index in [0.717, 1.165) is 6.20 Å². The normalized spacial score (nSPS) is 21.0. The van der Waals surface area contributed by atoms with Gasteiger partial charge in [-0.25, -0.2) is 28.4 Å². The summed E-state index contributed by atoms with van der Waals surface area (Å²) in [5.41, 5.74) is -1.32. The highest BCUT2D eigenvalue weighted by Crippen LogP contribution is 2.66. The number of ether oxygens (including phenoxy) is 1. The van der Waals surface area contributed by atoms with Crippen molar-refractivity contribution in [1.29, 1.82) is 0 Å². The van der Waals surface area contributed by atoms with E-state index in [9.17, 15) is 18.4 Å². The molecule has 1 saturated carbocycles. The third-order valence-corrected chi connectivity index (χ3v) is 7.25. The first kappa shape index (κ1) is 21.0.